The number of halogens is 2. The Morgan fingerprint density at radius 2 is 1.92 bits per heavy atom. The highest BCUT2D eigenvalue weighted by atomic mass is 35.5. The smallest absolute Gasteiger partial charge is 0.272 e. The topological polar surface area (TPSA) is 62.2 Å². The SMILES string of the molecule is CCCn1nc(C(=O)NCCN2CCNCC2)c2ccccc21.Cl.Cl. The second-order valence-corrected chi connectivity index (χ2v) is 5.94. The first kappa shape index (κ1) is 21.7. The third kappa shape index (κ3) is 5.31. The molecule has 25 heavy (non-hydrogen) atoms. The van der Waals surface area contributed by atoms with Crippen LogP contribution >= 0.6 is 24.8 Å². The van der Waals surface area contributed by atoms with Gasteiger partial charge in [0.05, 0.1) is 5.52 Å². The number of fused-ring (bicyclic) bond motifs is 1. The molecule has 2 aromatic rings. The average Bonchev–Trinajstić information content (AvgIpc) is 2.95. The van der Waals surface area contributed by atoms with Crippen molar-refractivity contribution in [1.29, 1.82) is 0 Å². The number of hydrogen-bond acceptors (Lipinski definition) is 4. The molecule has 8 heteroatoms. The molecule has 0 aliphatic carbocycles. The number of amides is 1. The van der Waals surface area contributed by atoms with E-state index in [4.69, 9.17) is 0 Å². The van der Waals surface area contributed by atoms with Gasteiger partial charge in [0.25, 0.3) is 5.91 Å². The van der Waals surface area contributed by atoms with Crippen molar-refractivity contribution < 1.29 is 4.79 Å². The number of benzene rings is 1. The Balaban J connectivity index is 0.00000156. The monoisotopic (exact) mass is 387 g/mol. The summed E-state index contributed by atoms with van der Waals surface area (Å²) < 4.78 is 1.93. The van der Waals surface area contributed by atoms with Gasteiger partial charge >= 0.3 is 0 Å². The van der Waals surface area contributed by atoms with Gasteiger partial charge in [0.2, 0.25) is 0 Å². The largest absolute Gasteiger partial charge is 0.349 e. The molecule has 140 valence electrons. The molecule has 1 aromatic carbocycles. The molecule has 0 atom stereocenters. The summed E-state index contributed by atoms with van der Waals surface area (Å²) in [6, 6.07) is 7.94. The van der Waals surface area contributed by atoms with Crippen molar-refractivity contribution in [3.05, 3.63) is 30.0 Å². The van der Waals surface area contributed by atoms with Crippen LogP contribution in [0, 0.1) is 0 Å². The molecule has 2 heterocycles. The van der Waals surface area contributed by atoms with E-state index in [0.717, 1.165) is 56.6 Å². The zero-order chi connectivity index (χ0) is 16.1. The average molecular weight is 388 g/mol. The highest BCUT2D eigenvalue weighted by Gasteiger charge is 2.17. The van der Waals surface area contributed by atoms with Gasteiger partial charge in [-0.3, -0.25) is 14.4 Å². The van der Waals surface area contributed by atoms with Crippen LogP contribution < -0.4 is 10.6 Å². The fraction of sp³-hybridized carbons (Fsp3) is 0.529. The predicted molar refractivity (Wildman–Crippen MR) is 106 cm³/mol. The quantitative estimate of drug-likeness (QED) is 0.794. The molecule has 3 rings (SSSR count). The maximum atomic E-state index is 12.5. The minimum Gasteiger partial charge on any atom is -0.349 e. The van der Waals surface area contributed by atoms with Gasteiger partial charge in [0.15, 0.2) is 5.69 Å². The summed E-state index contributed by atoms with van der Waals surface area (Å²) in [5, 5.41) is 11.8. The highest BCUT2D eigenvalue weighted by Crippen LogP contribution is 2.18. The number of rotatable bonds is 6. The number of aromatic nitrogens is 2. The Morgan fingerprint density at radius 3 is 2.64 bits per heavy atom. The van der Waals surface area contributed by atoms with Crippen LogP contribution in [0.25, 0.3) is 10.9 Å². The van der Waals surface area contributed by atoms with Crippen LogP contribution in [0.4, 0.5) is 0 Å². The first-order valence-electron chi connectivity index (χ1n) is 8.46. The maximum absolute atomic E-state index is 12.5. The van der Waals surface area contributed by atoms with Gasteiger partial charge in [-0.25, -0.2) is 0 Å². The number of hydrogen-bond donors (Lipinski definition) is 2. The zero-order valence-corrected chi connectivity index (χ0v) is 16.2. The van der Waals surface area contributed by atoms with Gasteiger partial charge < -0.3 is 10.6 Å². The summed E-state index contributed by atoms with van der Waals surface area (Å²) in [7, 11) is 0. The van der Waals surface area contributed by atoms with E-state index in [0.29, 0.717) is 12.2 Å². The molecule has 1 saturated heterocycles. The van der Waals surface area contributed by atoms with E-state index in [1.807, 2.05) is 28.9 Å². The zero-order valence-electron chi connectivity index (χ0n) is 14.5. The number of nitrogens with zero attached hydrogens (tertiary/aromatic N) is 3. The van der Waals surface area contributed by atoms with Crippen molar-refractivity contribution in [2.24, 2.45) is 0 Å². The van der Waals surface area contributed by atoms with E-state index >= 15 is 0 Å². The van der Waals surface area contributed by atoms with Gasteiger partial charge in [0, 0.05) is 51.2 Å². The third-order valence-corrected chi connectivity index (χ3v) is 4.23. The number of aryl methyl sites for hydroxylation is 1. The Hall–Kier alpha value is -1.34. The van der Waals surface area contributed by atoms with E-state index in [2.05, 4.69) is 27.6 Å². The lowest BCUT2D eigenvalue weighted by molar-refractivity contribution is 0.0943. The molecule has 1 aliphatic heterocycles. The summed E-state index contributed by atoms with van der Waals surface area (Å²) in [5.41, 5.74) is 1.57. The summed E-state index contributed by atoms with van der Waals surface area (Å²) in [4.78, 5) is 14.9. The van der Waals surface area contributed by atoms with Gasteiger partial charge in [-0.1, -0.05) is 25.1 Å². The number of carbonyl (C=O) groups is 1. The summed E-state index contributed by atoms with van der Waals surface area (Å²) in [6.45, 7) is 8.64. The molecule has 0 spiro atoms. The van der Waals surface area contributed by atoms with Crippen LogP contribution in [0.5, 0.6) is 0 Å². The minimum absolute atomic E-state index is 0. The molecule has 0 bridgehead atoms. The maximum Gasteiger partial charge on any atom is 0.272 e. The molecule has 1 aromatic heterocycles. The third-order valence-electron chi connectivity index (χ3n) is 4.23. The lowest BCUT2D eigenvalue weighted by Crippen LogP contribution is -2.46. The van der Waals surface area contributed by atoms with Crippen LogP contribution in [-0.4, -0.2) is 59.9 Å². The second-order valence-electron chi connectivity index (χ2n) is 5.94. The Morgan fingerprint density at radius 1 is 1.20 bits per heavy atom. The Labute approximate surface area is 161 Å². The van der Waals surface area contributed by atoms with Gasteiger partial charge in [-0.15, -0.1) is 24.8 Å². The van der Waals surface area contributed by atoms with Crippen molar-refractivity contribution in [1.82, 2.24) is 25.3 Å². The fourth-order valence-corrected chi connectivity index (χ4v) is 3.02. The number of piperazine rings is 1. The standard InChI is InChI=1S/C17H25N5O.2ClH/c1-2-10-22-15-6-4-3-5-14(15)16(20-22)17(23)19-9-13-21-11-7-18-8-12-21;;/h3-6,18H,2,7-13H2,1H3,(H,19,23);2*1H. The highest BCUT2D eigenvalue weighted by molar-refractivity contribution is 6.04. The number of carbonyl (C=O) groups excluding carboxylic acids is 1. The van der Waals surface area contributed by atoms with Gasteiger partial charge in [0.1, 0.15) is 0 Å². The normalized spacial score (nSPS) is 14.6. The molecular weight excluding hydrogens is 361 g/mol. The molecule has 1 fully saturated rings. The molecule has 0 unspecified atom stereocenters. The minimum atomic E-state index is -0.0776. The van der Waals surface area contributed by atoms with Gasteiger partial charge in [-0.2, -0.15) is 5.10 Å². The van der Waals surface area contributed by atoms with E-state index in [-0.39, 0.29) is 30.7 Å². The molecule has 1 aliphatic rings. The molecule has 2 N–H and O–H groups in total. The number of para-hydroxylation sites is 1. The first-order chi connectivity index (χ1) is 11.3. The molecule has 0 radical (unpaired) electrons. The molecule has 1 amide bonds. The van der Waals surface area contributed by atoms with Crippen molar-refractivity contribution in [3.63, 3.8) is 0 Å². The van der Waals surface area contributed by atoms with Crippen molar-refractivity contribution >= 4 is 41.6 Å². The van der Waals surface area contributed by atoms with Crippen LogP contribution in [0.1, 0.15) is 23.8 Å². The predicted octanol–water partition coefficient (Wildman–Crippen LogP) is 1.92. The van der Waals surface area contributed by atoms with Crippen molar-refractivity contribution in [2.75, 3.05) is 39.3 Å². The second kappa shape index (κ2) is 10.6. The van der Waals surface area contributed by atoms with E-state index in [9.17, 15) is 4.79 Å². The van der Waals surface area contributed by atoms with Gasteiger partial charge in [-0.05, 0) is 12.5 Å². The molecule has 6 nitrogen and oxygen atoms in total. The lowest BCUT2D eigenvalue weighted by atomic mass is 10.2. The summed E-state index contributed by atoms with van der Waals surface area (Å²) >= 11 is 0. The molecule has 0 saturated carbocycles. The lowest BCUT2D eigenvalue weighted by Gasteiger charge is -2.26. The van der Waals surface area contributed by atoms with Crippen LogP contribution in [0.3, 0.4) is 0 Å². The van der Waals surface area contributed by atoms with Crippen LogP contribution in [-0.2, 0) is 6.54 Å². The van der Waals surface area contributed by atoms with E-state index in [1.54, 1.807) is 0 Å². The van der Waals surface area contributed by atoms with E-state index < -0.39 is 0 Å². The summed E-state index contributed by atoms with van der Waals surface area (Å²) in [6.07, 6.45) is 0.996. The number of nitrogens with one attached hydrogen (secondary N) is 2. The van der Waals surface area contributed by atoms with Crippen LogP contribution in [0.15, 0.2) is 24.3 Å². The van der Waals surface area contributed by atoms with Crippen LogP contribution in [0.2, 0.25) is 0 Å². The summed E-state index contributed by atoms with van der Waals surface area (Å²) in [5.74, 6) is -0.0776. The molecular formula is C17H27Cl2N5O. The van der Waals surface area contributed by atoms with E-state index in [1.165, 1.54) is 0 Å². The first-order valence-corrected chi connectivity index (χ1v) is 8.46. The van der Waals surface area contributed by atoms with Crippen molar-refractivity contribution in [2.45, 2.75) is 19.9 Å². The Bertz CT molecular complexity index is 670. The van der Waals surface area contributed by atoms with Crippen molar-refractivity contribution in [3.8, 4) is 0 Å². The Kier molecular flexibility index (Phi) is 9.21. The fourth-order valence-electron chi connectivity index (χ4n) is 3.02.